The lowest BCUT2D eigenvalue weighted by molar-refractivity contribution is 0.177. The SMILES string of the molecule is CC1(C)CB(/C=C/c2cnccc2N)CC1(C)C. The molecule has 1 aliphatic heterocycles. The van der Waals surface area contributed by atoms with Crippen molar-refractivity contribution in [3.63, 3.8) is 0 Å². The molecule has 1 saturated heterocycles. The van der Waals surface area contributed by atoms with Crippen LogP contribution in [0.3, 0.4) is 0 Å². The van der Waals surface area contributed by atoms with Gasteiger partial charge >= 0.3 is 0 Å². The Hall–Kier alpha value is -1.25. The molecule has 3 heteroatoms. The Balaban J connectivity index is 2.11. The second-order valence-corrected chi connectivity index (χ2v) is 6.80. The third kappa shape index (κ3) is 2.45. The van der Waals surface area contributed by atoms with Gasteiger partial charge in [0.05, 0.1) is 0 Å². The summed E-state index contributed by atoms with van der Waals surface area (Å²) in [5, 5.41) is 0. The van der Waals surface area contributed by atoms with Gasteiger partial charge in [-0.15, -0.1) is 5.98 Å². The van der Waals surface area contributed by atoms with Crippen LogP contribution < -0.4 is 5.73 Å². The van der Waals surface area contributed by atoms with Crippen LogP contribution in [0.15, 0.2) is 24.4 Å². The summed E-state index contributed by atoms with van der Waals surface area (Å²) in [7, 11) is 0. The number of anilines is 1. The van der Waals surface area contributed by atoms with Gasteiger partial charge in [0.25, 0.3) is 0 Å². The van der Waals surface area contributed by atoms with E-state index in [4.69, 9.17) is 5.73 Å². The monoisotopic (exact) mass is 242 g/mol. The molecule has 18 heavy (non-hydrogen) atoms. The minimum absolute atomic E-state index is 0.405. The second kappa shape index (κ2) is 4.45. The molecule has 0 atom stereocenters. The van der Waals surface area contributed by atoms with E-state index >= 15 is 0 Å². The summed E-state index contributed by atoms with van der Waals surface area (Å²) in [5.74, 6) is 2.31. The standard InChI is InChI=1S/C15H23BN2/c1-14(2)10-16(11-15(14,3)4)7-5-12-9-18-8-6-13(12)17/h5-9H,10-11H2,1-4H3,(H2,17,18)/b7-5+. The zero-order chi connectivity index (χ0) is 13.4. The minimum atomic E-state index is 0.405. The first kappa shape index (κ1) is 13.2. The van der Waals surface area contributed by atoms with Crippen LogP contribution in [0.1, 0.15) is 33.3 Å². The highest BCUT2D eigenvalue weighted by Gasteiger charge is 2.46. The quantitative estimate of drug-likeness (QED) is 0.801. The van der Waals surface area contributed by atoms with Crippen molar-refractivity contribution in [1.82, 2.24) is 4.98 Å². The first-order chi connectivity index (χ1) is 8.32. The topological polar surface area (TPSA) is 38.9 Å². The predicted octanol–water partition coefficient (Wildman–Crippen LogP) is 3.78. The molecule has 1 aromatic rings. The maximum absolute atomic E-state index is 5.92. The summed E-state index contributed by atoms with van der Waals surface area (Å²) in [6.45, 7) is 10.1. The summed E-state index contributed by atoms with van der Waals surface area (Å²) in [5.41, 5.74) is 8.56. The fourth-order valence-electron chi connectivity index (χ4n) is 2.87. The molecule has 2 rings (SSSR count). The van der Waals surface area contributed by atoms with Gasteiger partial charge in [0.2, 0.25) is 0 Å². The molecular weight excluding hydrogens is 219 g/mol. The van der Waals surface area contributed by atoms with Crippen LogP contribution in [0.4, 0.5) is 5.69 Å². The van der Waals surface area contributed by atoms with Gasteiger partial charge in [0, 0.05) is 23.6 Å². The van der Waals surface area contributed by atoms with Crippen molar-refractivity contribution in [2.24, 2.45) is 10.8 Å². The van der Waals surface area contributed by atoms with E-state index in [1.54, 1.807) is 6.20 Å². The Bertz CT molecular complexity index is 447. The highest BCUT2D eigenvalue weighted by atomic mass is 14.7. The van der Waals surface area contributed by atoms with Crippen molar-refractivity contribution in [1.29, 1.82) is 0 Å². The summed E-state index contributed by atoms with van der Waals surface area (Å²) in [6.07, 6.45) is 8.18. The Labute approximate surface area is 111 Å². The molecule has 0 unspecified atom stereocenters. The van der Waals surface area contributed by atoms with Crippen molar-refractivity contribution >= 4 is 18.5 Å². The van der Waals surface area contributed by atoms with E-state index in [9.17, 15) is 0 Å². The lowest BCUT2D eigenvalue weighted by atomic mass is 9.46. The van der Waals surface area contributed by atoms with Crippen molar-refractivity contribution in [2.45, 2.75) is 40.3 Å². The molecular formula is C15H23BN2. The summed E-state index contributed by atoms with van der Waals surface area (Å²) in [6, 6.07) is 1.85. The maximum atomic E-state index is 5.92. The van der Waals surface area contributed by atoms with E-state index < -0.39 is 0 Å². The molecule has 0 saturated carbocycles. The molecule has 2 nitrogen and oxygen atoms in total. The Kier molecular flexibility index (Phi) is 3.26. The van der Waals surface area contributed by atoms with E-state index in [1.165, 1.54) is 12.6 Å². The lowest BCUT2D eigenvalue weighted by Crippen LogP contribution is -2.24. The van der Waals surface area contributed by atoms with E-state index in [1.807, 2.05) is 12.3 Å². The van der Waals surface area contributed by atoms with Crippen molar-refractivity contribution < 1.29 is 0 Å². The normalized spacial score (nSPS) is 21.7. The third-order valence-corrected chi connectivity index (χ3v) is 4.81. The third-order valence-electron chi connectivity index (χ3n) is 4.81. The number of rotatable bonds is 2. The van der Waals surface area contributed by atoms with Crippen molar-refractivity contribution in [3.8, 4) is 0 Å². The molecule has 0 aromatic carbocycles. The van der Waals surface area contributed by atoms with Crippen LogP contribution in [0.2, 0.25) is 12.6 Å². The van der Waals surface area contributed by atoms with Crippen molar-refractivity contribution in [3.05, 3.63) is 30.0 Å². The van der Waals surface area contributed by atoms with E-state index in [0.717, 1.165) is 11.3 Å². The Morgan fingerprint density at radius 1 is 1.22 bits per heavy atom. The van der Waals surface area contributed by atoms with Gasteiger partial charge in [-0.2, -0.15) is 0 Å². The average molecular weight is 242 g/mol. The van der Waals surface area contributed by atoms with Crippen molar-refractivity contribution in [2.75, 3.05) is 5.73 Å². The van der Waals surface area contributed by atoms with Crippen LogP contribution in [0.5, 0.6) is 0 Å². The number of nitrogen functional groups attached to an aromatic ring is 1. The van der Waals surface area contributed by atoms with Crippen LogP contribution in [0.25, 0.3) is 6.08 Å². The van der Waals surface area contributed by atoms with Crippen LogP contribution in [-0.4, -0.2) is 11.7 Å². The van der Waals surface area contributed by atoms with E-state index in [-0.39, 0.29) is 0 Å². The fraction of sp³-hybridized carbons (Fsp3) is 0.533. The minimum Gasteiger partial charge on any atom is -0.398 e. The number of hydrogen-bond donors (Lipinski definition) is 1. The van der Waals surface area contributed by atoms with Gasteiger partial charge in [-0.3, -0.25) is 4.98 Å². The number of aromatic nitrogens is 1. The number of hydrogen-bond acceptors (Lipinski definition) is 2. The second-order valence-electron chi connectivity index (χ2n) is 6.80. The molecule has 2 heterocycles. The molecule has 0 spiro atoms. The smallest absolute Gasteiger partial charge is 0.167 e. The molecule has 1 aliphatic rings. The summed E-state index contributed by atoms with van der Waals surface area (Å²) < 4.78 is 0. The van der Waals surface area contributed by atoms with Gasteiger partial charge in [-0.05, 0) is 16.9 Å². The van der Waals surface area contributed by atoms with Crippen LogP contribution >= 0.6 is 0 Å². The maximum Gasteiger partial charge on any atom is 0.167 e. The summed E-state index contributed by atoms with van der Waals surface area (Å²) in [4.78, 5) is 4.12. The predicted molar refractivity (Wildman–Crippen MR) is 80.6 cm³/mol. The lowest BCUT2D eigenvalue weighted by Gasteiger charge is -2.35. The molecule has 1 aromatic heterocycles. The highest BCUT2D eigenvalue weighted by Crippen LogP contribution is 2.53. The Morgan fingerprint density at radius 2 is 1.83 bits per heavy atom. The first-order valence-electron chi connectivity index (χ1n) is 6.69. The van der Waals surface area contributed by atoms with Crippen LogP contribution in [0, 0.1) is 10.8 Å². The highest BCUT2D eigenvalue weighted by molar-refractivity contribution is 6.66. The zero-order valence-corrected chi connectivity index (χ0v) is 11.9. The molecule has 0 aliphatic carbocycles. The van der Waals surface area contributed by atoms with Gasteiger partial charge in [-0.1, -0.05) is 46.4 Å². The van der Waals surface area contributed by atoms with Crippen LogP contribution in [-0.2, 0) is 0 Å². The molecule has 0 bridgehead atoms. The summed E-state index contributed by atoms with van der Waals surface area (Å²) >= 11 is 0. The van der Waals surface area contributed by atoms with E-state index in [2.05, 4.69) is 44.7 Å². The zero-order valence-electron chi connectivity index (χ0n) is 11.9. The van der Waals surface area contributed by atoms with Gasteiger partial charge < -0.3 is 5.73 Å². The Morgan fingerprint density at radius 3 is 2.39 bits per heavy atom. The fourth-order valence-corrected chi connectivity index (χ4v) is 2.87. The number of nitrogens with two attached hydrogens (primary N) is 1. The molecule has 2 N–H and O–H groups in total. The number of pyridine rings is 1. The molecule has 96 valence electrons. The average Bonchev–Trinajstić information content (AvgIpc) is 2.46. The number of nitrogens with zero attached hydrogens (tertiary/aromatic N) is 1. The first-order valence-corrected chi connectivity index (χ1v) is 6.69. The largest absolute Gasteiger partial charge is 0.398 e. The van der Waals surface area contributed by atoms with Gasteiger partial charge in [0.15, 0.2) is 6.71 Å². The molecule has 0 amide bonds. The molecule has 1 fully saturated rings. The molecule has 0 radical (unpaired) electrons. The van der Waals surface area contributed by atoms with Gasteiger partial charge in [0.1, 0.15) is 0 Å². The van der Waals surface area contributed by atoms with Gasteiger partial charge in [-0.25, -0.2) is 0 Å². The van der Waals surface area contributed by atoms with E-state index in [0.29, 0.717) is 17.5 Å².